The zero-order chi connectivity index (χ0) is 9.26. The van der Waals surface area contributed by atoms with Crippen LogP contribution >= 0.6 is 15.9 Å². The number of pyridine rings is 1. The first-order chi connectivity index (χ1) is 6.31. The number of carbonyl (C=O) groups excluding carboxylic acids is 1. The van der Waals surface area contributed by atoms with E-state index >= 15 is 0 Å². The molecule has 0 amide bonds. The minimum absolute atomic E-state index is 0.582. The van der Waals surface area contributed by atoms with Crippen LogP contribution in [0.15, 0.2) is 34.9 Å². The van der Waals surface area contributed by atoms with E-state index in [4.69, 9.17) is 0 Å². The van der Waals surface area contributed by atoms with Gasteiger partial charge < -0.3 is 0 Å². The fraction of sp³-hybridized carbons (Fsp3) is 0. The lowest BCUT2D eigenvalue weighted by molar-refractivity contribution is 0.112. The molecule has 64 valence electrons. The van der Waals surface area contributed by atoms with Gasteiger partial charge in [-0.15, -0.1) is 0 Å². The zero-order valence-corrected chi connectivity index (χ0v) is 8.28. The van der Waals surface area contributed by atoms with Gasteiger partial charge in [-0.05, 0) is 28.1 Å². The number of rotatable bonds is 1. The predicted molar refractivity (Wildman–Crippen MR) is 54.8 cm³/mol. The van der Waals surface area contributed by atoms with Crippen LogP contribution < -0.4 is 0 Å². The highest BCUT2D eigenvalue weighted by molar-refractivity contribution is 9.10. The summed E-state index contributed by atoms with van der Waals surface area (Å²) in [4.78, 5) is 14.8. The number of fused-ring (bicyclic) bond motifs is 1. The molecule has 2 rings (SSSR count). The van der Waals surface area contributed by atoms with Crippen molar-refractivity contribution in [2.75, 3.05) is 0 Å². The molecule has 1 heterocycles. The van der Waals surface area contributed by atoms with E-state index in [0.29, 0.717) is 10.2 Å². The Balaban J connectivity index is 2.81. The molecule has 1 aromatic heterocycles. The Labute approximate surface area is 83.7 Å². The maximum atomic E-state index is 10.6. The Morgan fingerprint density at radius 2 is 2.08 bits per heavy atom. The number of hydrogen-bond acceptors (Lipinski definition) is 2. The molecule has 0 bridgehead atoms. The summed E-state index contributed by atoms with van der Waals surface area (Å²) in [7, 11) is 0. The third kappa shape index (κ3) is 1.47. The molecule has 13 heavy (non-hydrogen) atoms. The minimum Gasteiger partial charge on any atom is -0.298 e. The molecule has 0 saturated carbocycles. The second-order valence-electron chi connectivity index (χ2n) is 2.68. The fourth-order valence-corrected chi connectivity index (χ4v) is 1.59. The number of aromatic nitrogens is 1. The van der Waals surface area contributed by atoms with Gasteiger partial charge in [-0.1, -0.05) is 18.2 Å². The highest BCUT2D eigenvalue weighted by Gasteiger charge is 2.01. The Hall–Kier alpha value is -1.22. The minimum atomic E-state index is 0.582. The smallest absolute Gasteiger partial charge is 0.152 e. The van der Waals surface area contributed by atoms with Crippen molar-refractivity contribution in [3.8, 4) is 0 Å². The van der Waals surface area contributed by atoms with E-state index in [9.17, 15) is 4.79 Å². The second-order valence-corrected chi connectivity index (χ2v) is 3.43. The molecule has 2 aromatic rings. The van der Waals surface area contributed by atoms with Gasteiger partial charge in [-0.2, -0.15) is 0 Å². The molecule has 0 unspecified atom stereocenters. The van der Waals surface area contributed by atoms with Gasteiger partial charge in [-0.25, -0.2) is 4.98 Å². The van der Waals surface area contributed by atoms with Crippen molar-refractivity contribution in [2.45, 2.75) is 0 Å². The summed E-state index contributed by atoms with van der Waals surface area (Å²) in [5.41, 5.74) is 1.47. The van der Waals surface area contributed by atoms with E-state index < -0.39 is 0 Å². The van der Waals surface area contributed by atoms with Crippen molar-refractivity contribution in [3.63, 3.8) is 0 Å². The van der Waals surface area contributed by atoms with Gasteiger partial charge in [-0.3, -0.25) is 4.79 Å². The molecule has 0 aliphatic rings. The number of benzene rings is 1. The third-order valence-corrected chi connectivity index (χ3v) is 2.47. The average molecular weight is 236 g/mol. The molecule has 0 aliphatic carbocycles. The summed E-state index contributed by atoms with van der Waals surface area (Å²) in [5.74, 6) is 0. The number of halogens is 1. The van der Waals surface area contributed by atoms with E-state index in [1.807, 2.05) is 30.3 Å². The molecule has 0 radical (unpaired) electrons. The number of nitrogens with zero attached hydrogens (tertiary/aromatic N) is 1. The Bertz CT molecular complexity index is 467. The molecule has 0 atom stereocenters. The van der Waals surface area contributed by atoms with Gasteiger partial charge in [0, 0.05) is 10.9 Å². The standard InChI is InChI=1S/C10H6BrNO/c11-10-8(6-13)5-7-3-1-2-4-9(7)12-10/h1-6H. The predicted octanol–water partition coefficient (Wildman–Crippen LogP) is 2.81. The number of aldehydes is 1. The highest BCUT2D eigenvalue weighted by Crippen LogP contribution is 2.18. The lowest BCUT2D eigenvalue weighted by atomic mass is 10.2. The molecule has 0 N–H and O–H groups in total. The Morgan fingerprint density at radius 3 is 2.85 bits per heavy atom. The lowest BCUT2D eigenvalue weighted by Gasteiger charge is -1.99. The van der Waals surface area contributed by atoms with Crippen LogP contribution in [0.4, 0.5) is 0 Å². The van der Waals surface area contributed by atoms with Gasteiger partial charge in [0.15, 0.2) is 6.29 Å². The van der Waals surface area contributed by atoms with Crippen LogP contribution in [0.1, 0.15) is 10.4 Å². The van der Waals surface area contributed by atoms with Gasteiger partial charge in [0.05, 0.1) is 5.52 Å². The molecular weight excluding hydrogens is 230 g/mol. The van der Waals surface area contributed by atoms with Crippen molar-refractivity contribution in [1.29, 1.82) is 0 Å². The van der Waals surface area contributed by atoms with Crippen molar-refractivity contribution in [3.05, 3.63) is 40.5 Å². The maximum absolute atomic E-state index is 10.6. The van der Waals surface area contributed by atoms with Crippen LogP contribution in [-0.2, 0) is 0 Å². The first kappa shape index (κ1) is 8.38. The summed E-state index contributed by atoms with van der Waals surface area (Å²) < 4.78 is 0.598. The van der Waals surface area contributed by atoms with Crippen LogP contribution in [0.3, 0.4) is 0 Å². The quantitative estimate of drug-likeness (QED) is 0.562. The van der Waals surface area contributed by atoms with Gasteiger partial charge in [0.1, 0.15) is 4.60 Å². The highest BCUT2D eigenvalue weighted by atomic mass is 79.9. The first-order valence-corrected chi connectivity index (χ1v) is 4.61. The van der Waals surface area contributed by atoms with Crippen LogP contribution in [-0.4, -0.2) is 11.3 Å². The summed E-state index contributed by atoms with van der Waals surface area (Å²) in [6, 6.07) is 9.50. The van der Waals surface area contributed by atoms with Gasteiger partial charge >= 0.3 is 0 Å². The fourth-order valence-electron chi connectivity index (χ4n) is 1.19. The monoisotopic (exact) mass is 235 g/mol. The first-order valence-electron chi connectivity index (χ1n) is 3.82. The summed E-state index contributed by atoms with van der Waals surface area (Å²) in [6.07, 6.45) is 0.795. The molecule has 0 saturated heterocycles. The topological polar surface area (TPSA) is 30.0 Å². The van der Waals surface area contributed by atoms with Crippen molar-refractivity contribution in [2.24, 2.45) is 0 Å². The van der Waals surface area contributed by atoms with Crippen LogP contribution in [0, 0.1) is 0 Å². The lowest BCUT2D eigenvalue weighted by Crippen LogP contribution is -1.87. The number of carbonyl (C=O) groups is 1. The Kier molecular flexibility index (Phi) is 2.10. The molecule has 0 spiro atoms. The van der Waals surface area contributed by atoms with Crippen molar-refractivity contribution >= 4 is 33.1 Å². The number of para-hydroxylation sites is 1. The van der Waals surface area contributed by atoms with E-state index in [0.717, 1.165) is 17.2 Å². The van der Waals surface area contributed by atoms with Gasteiger partial charge in [0.2, 0.25) is 0 Å². The van der Waals surface area contributed by atoms with Crippen LogP contribution in [0.25, 0.3) is 10.9 Å². The van der Waals surface area contributed by atoms with E-state index in [-0.39, 0.29) is 0 Å². The molecular formula is C10H6BrNO. The molecule has 1 aromatic carbocycles. The zero-order valence-electron chi connectivity index (χ0n) is 6.70. The average Bonchev–Trinajstić information content (AvgIpc) is 2.17. The van der Waals surface area contributed by atoms with Crippen LogP contribution in [0.2, 0.25) is 0 Å². The third-order valence-electron chi connectivity index (χ3n) is 1.83. The van der Waals surface area contributed by atoms with Crippen LogP contribution in [0.5, 0.6) is 0 Å². The summed E-state index contributed by atoms with van der Waals surface area (Å²) >= 11 is 3.24. The largest absolute Gasteiger partial charge is 0.298 e. The molecule has 2 nitrogen and oxygen atoms in total. The molecule has 3 heteroatoms. The van der Waals surface area contributed by atoms with Crippen molar-refractivity contribution < 1.29 is 4.79 Å². The summed E-state index contributed by atoms with van der Waals surface area (Å²) in [5, 5.41) is 0.979. The molecule has 0 fully saturated rings. The normalized spacial score (nSPS) is 10.2. The van der Waals surface area contributed by atoms with Gasteiger partial charge in [0.25, 0.3) is 0 Å². The van der Waals surface area contributed by atoms with E-state index in [1.54, 1.807) is 0 Å². The molecule has 0 aliphatic heterocycles. The van der Waals surface area contributed by atoms with Crippen molar-refractivity contribution in [1.82, 2.24) is 4.98 Å². The van der Waals surface area contributed by atoms with E-state index in [1.165, 1.54) is 0 Å². The SMILES string of the molecule is O=Cc1cc2ccccc2nc1Br. The number of hydrogen-bond donors (Lipinski definition) is 0. The van der Waals surface area contributed by atoms with E-state index in [2.05, 4.69) is 20.9 Å². The summed E-state index contributed by atoms with van der Waals surface area (Å²) in [6.45, 7) is 0. The Morgan fingerprint density at radius 1 is 1.31 bits per heavy atom. The second kappa shape index (κ2) is 3.26. The maximum Gasteiger partial charge on any atom is 0.152 e.